The lowest BCUT2D eigenvalue weighted by Crippen LogP contribution is -2.40. The monoisotopic (exact) mass is 261 g/mol. The summed E-state index contributed by atoms with van der Waals surface area (Å²) in [5, 5.41) is 12.7. The number of hydrogen-bond acceptors (Lipinski definition) is 4. The Morgan fingerprint density at radius 2 is 2.12 bits per heavy atom. The molecule has 0 bridgehead atoms. The van der Waals surface area contributed by atoms with Crippen LogP contribution in [0.15, 0.2) is 11.1 Å². The topological polar surface area (TPSA) is 92.5 Å². The summed E-state index contributed by atoms with van der Waals surface area (Å²) in [7, 11) is -0.983. The maximum absolute atomic E-state index is 12.1. The van der Waals surface area contributed by atoms with Crippen LogP contribution in [0.5, 0.6) is 0 Å². The van der Waals surface area contributed by atoms with Crippen LogP contribution in [0.1, 0.15) is 12.6 Å². The van der Waals surface area contributed by atoms with Gasteiger partial charge >= 0.3 is 5.97 Å². The molecule has 0 fully saturated rings. The van der Waals surface area contributed by atoms with Gasteiger partial charge in [0.05, 0.1) is 5.69 Å². The van der Waals surface area contributed by atoms with Gasteiger partial charge in [0.1, 0.15) is 10.9 Å². The van der Waals surface area contributed by atoms with Crippen LogP contribution in [0.2, 0.25) is 0 Å². The van der Waals surface area contributed by atoms with Gasteiger partial charge in [0.2, 0.25) is 10.0 Å². The van der Waals surface area contributed by atoms with Gasteiger partial charge in [0.15, 0.2) is 0 Å². The largest absolute Gasteiger partial charge is 0.480 e. The number of aryl methyl sites for hydroxylation is 2. The average molecular weight is 261 g/mol. The number of carbonyl (C=O) groups is 1. The van der Waals surface area contributed by atoms with E-state index in [0.717, 1.165) is 4.31 Å². The molecule has 0 radical (unpaired) electrons. The van der Waals surface area contributed by atoms with Crippen molar-refractivity contribution in [2.45, 2.75) is 24.8 Å². The molecule has 0 saturated carbocycles. The van der Waals surface area contributed by atoms with E-state index in [4.69, 9.17) is 5.11 Å². The van der Waals surface area contributed by atoms with E-state index in [1.54, 1.807) is 14.0 Å². The first-order valence-corrected chi connectivity index (χ1v) is 6.33. The minimum atomic E-state index is -3.82. The van der Waals surface area contributed by atoms with E-state index < -0.39 is 22.0 Å². The van der Waals surface area contributed by atoms with Crippen LogP contribution in [-0.2, 0) is 21.9 Å². The first-order chi connectivity index (χ1) is 7.67. The fourth-order valence-electron chi connectivity index (χ4n) is 1.35. The number of carboxylic acid groups (broad SMARTS) is 1. The number of carboxylic acids is 1. The van der Waals surface area contributed by atoms with Crippen LogP contribution < -0.4 is 0 Å². The van der Waals surface area contributed by atoms with Gasteiger partial charge in [-0.3, -0.25) is 9.48 Å². The van der Waals surface area contributed by atoms with Crippen molar-refractivity contribution >= 4 is 16.0 Å². The minimum absolute atomic E-state index is 0.0237. The SMILES string of the molecule is Cc1nn(C)cc1S(=O)(=O)N(C)C(C)C(=O)O. The second kappa shape index (κ2) is 4.46. The van der Waals surface area contributed by atoms with Crippen molar-refractivity contribution in [1.29, 1.82) is 0 Å². The molecule has 1 unspecified atom stereocenters. The molecule has 0 spiro atoms. The lowest BCUT2D eigenvalue weighted by molar-refractivity contribution is -0.140. The Labute approximate surface area is 99.7 Å². The van der Waals surface area contributed by atoms with Crippen LogP contribution in [0.25, 0.3) is 0 Å². The zero-order valence-corrected chi connectivity index (χ0v) is 10.9. The molecule has 1 heterocycles. The summed E-state index contributed by atoms with van der Waals surface area (Å²) in [5.41, 5.74) is 0.344. The number of aromatic nitrogens is 2. The Morgan fingerprint density at radius 1 is 1.59 bits per heavy atom. The van der Waals surface area contributed by atoms with Crippen molar-refractivity contribution in [3.8, 4) is 0 Å². The molecule has 1 atom stereocenters. The van der Waals surface area contributed by atoms with E-state index in [9.17, 15) is 13.2 Å². The highest BCUT2D eigenvalue weighted by Gasteiger charge is 2.31. The molecule has 0 aliphatic heterocycles. The third-order valence-corrected chi connectivity index (χ3v) is 4.56. The van der Waals surface area contributed by atoms with Crippen molar-refractivity contribution in [1.82, 2.24) is 14.1 Å². The summed E-state index contributed by atoms with van der Waals surface area (Å²) >= 11 is 0. The number of aliphatic carboxylic acids is 1. The predicted octanol–water partition coefficient (Wildman–Crippen LogP) is -0.178. The maximum atomic E-state index is 12.1. The molecule has 0 aromatic carbocycles. The molecule has 1 aromatic rings. The van der Waals surface area contributed by atoms with Crippen molar-refractivity contribution in [2.24, 2.45) is 7.05 Å². The summed E-state index contributed by atoms with van der Waals surface area (Å²) in [6.07, 6.45) is 1.36. The van der Waals surface area contributed by atoms with Crippen LogP contribution >= 0.6 is 0 Å². The number of likely N-dealkylation sites (N-methyl/N-ethyl adjacent to an activating group) is 1. The van der Waals surface area contributed by atoms with Crippen LogP contribution in [0.3, 0.4) is 0 Å². The number of hydrogen-bond donors (Lipinski definition) is 1. The summed E-state index contributed by atoms with van der Waals surface area (Å²) < 4.78 is 26.4. The molecular formula is C9H15N3O4S. The second-order valence-electron chi connectivity index (χ2n) is 3.79. The standard InChI is InChI=1S/C9H15N3O4S/c1-6-8(5-11(3)10-6)17(15,16)12(4)7(2)9(13)14/h5,7H,1-4H3,(H,13,14). The molecule has 1 rings (SSSR count). The first-order valence-electron chi connectivity index (χ1n) is 4.89. The second-order valence-corrected chi connectivity index (χ2v) is 5.75. The fourth-order valence-corrected chi connectivity index (χ4v) is 2.87. The lowest BCUT2D eigenvalue weighted by atomic mass is 10.4. The maximum Gasteiger partial charge on any atom is 0.321 e. The smallest absolute Gasteiger partial charge is 0.321 e. The van der Waals surface area contributed by atoms with Crippen molar-refractivity contribution in [3.63, 3.8) is 0 Å². The van der Waals surface area contributed by atoms with Gasteiger partial charge in [-0.2, -0.15) is 9.40 Å². The number of nitrogens with zero attached hydrogens (tertiary/aromatic N) is 3. The molecule has 0 saturated heterocycles. The zero-order valence-electron chi connectivity index (χ0n) is 10.1. The molecule has 17 heavy (non-hydrogen) atoms. The van der Waals surface area contributed by atoms with Crippen molar-refractivity contribution < 1.29 is 18.3 Å². The highest BCUT2D eigenvalue weighted by molar-refractivity contribution is 7.89. The van der Waals surface area contributed by atoms with Crippen molar-refractivity contribution in [3.05, 3.63) is 11.9 Å². The summed E-state index contributed by atoms with van der Waals surface area (Å²) in [4.78, 5) is 10.8. The van der Waals surface area contributed by atoms with Gasteiger partial charge in [-0.15, -0.1) is 0 Å². The average Bonchev–Trinajstić information content (AvgIpc) is 2.56. The van der Waals surface area contributed by atoms with E-state index in [1.807, 2.05) is 0 Å². The van der Waals surface area contributed by atoms with Gasteiger partial charge in [-0.05, 0) is 13.8 Å². The van der Waals surface area contributed by atoms with E-state index in [1.165, 1.54) is 24.9 Å². The zero-order chi connectivity index (χ0) is 13.4. The highest BCUT2D eigenvalue weighted by atomic mass is 32.2. The Balaban J connectivity index is 3.20. The number of rotatable bonds is 4. The lowest BCUT2D eigenvalue weighted by Gasteiger charge is -2.20. The third kappa shape index (κ3) is 2.47. The van der Waals surface area contributed by atoms with Crippen molar-refractivity contribution in [2.75, 3.05) is 7.05 Å². The molecule has 1 aromatic heterocycles. The van der Waals surface area contributed by atoms with E-state index in [-0.39, 0.29) is 4.90 Å². The molecular weight excluding hydrogens is 246 g/mol. The van der Waals surface area contributed by atoms with Gasteiger partial charge in [-0.25, -0.2) is 8.42 Å². The highest BCUT2D eigenvalue weighted by Crippen LogP contribution is 2.19. The Hall–Kier alpha value is -1.41. The van der Waals surface area contributed by atoms with Gasteiger partial charge in [0, 0.05) is 20.3 Å². The quantitative estimate of drug-likeness (QED) is 0.811. The predicted molar refractivity (Wildman–Crippen MR) is 60.0 cm³/mol. The van der Waals surface area contributed by atoms with Crippen LogP contribution in [-0.4, -0.2) is 46.7 Å². The van der Waals surface area contributed by atoms with Crippen LogP contribution in [0.4, 0.5) is 0 Å². The number of sulfonamides is 1. The van der Waals surface area contributed by atoms with E-state index in [0.29, 0.717) is 5.69 Å². The Kier molecular flexibility index (Phi) is 3.58. The normalized spacial score (nSPS) is 13.9. The third-order valence-electron chi connectivity index (χ3n) is 2.53. The Morgan fingerprint density at radius 3 is 2.47 bits per heavy atom. The van der Waals surface area contributed by atoms with Gasteiger partial charge < -0.3 is 5.11 Å². The first kappa shape index (κ1) is 13.7. The molecule has 1 N–H and O–H groups in total. The van der Waals surface area contributed by atoms with E-state index in [2.05, 4.69) is 5.10 Å². The fraction of sp³-hybridized carbons (Fsp3) is 0.556. The minimum Gasteiger partial charge on any atom is -0.480 e. The van der Waals surface area contributed by atoms with Gasteiger partial charge in [-0.1, -0.05) is 0 Å². The molecule has 0 amide bonds. The summed E-state index contributed by atoms with van der Waals surface area (Å²) in [6.45, 7) is 2.87. The van der Waals surface area contributed by atoms with Crippen LogP contribution in [0, 0.1) is 6.92 Å². The molecule has 0 aliphatic rings. The summed E-state index contributed by atoms with van der Waals surface area (Å²) in [5.74, 6) is -1.20. The summed E-state index contributed by atoms with van der Waals surface area (Å²) in [6, 6.07) is -1.13. The molecule has 0 aliphatic carbocycles. The Bertz CT molecular complexity index is 534. The molecule has 8 heteroatoms. The molecule has 96 valence electrons. The van der Waals surface area contributed by atoms with Gasteiger partial charge in [0.25, 0.3) is 0 Å². The van der Waals surface area contributed by atoms with E-state index >= 15 is 0 Å². The molecule has 7 nitrogen and oxygen atoms in total.